The Morgan fingerprint density at radius 3 is 2.95 bits per heavy atom. The predicted octanol–water partition coefficient (Wildman–Crippen LogP) is 1.94. The monoisotopic (exact) mass is 324 g/mol. The Morgan fingerprint density at radius 2 is 2.32 bits per heavy atom. The summed E-state index contributed by atoms with van der Waals surface area (Å²) in [5, 5.41) is 4.20. The van der Waals surface area contributed by atoms with Crippen LogP contribution in [0.1, 0.15) is 17.3 Å². The van der Waals surface area contributed by atoms with Crippen molar-refractivity contribution >= 4 is 15.9 Å². The van der Waals surface area contributed by atoms with Gasteiger partial charge in [0.1, 0.15) is 0 Å². The number of nitrogens with one attached hydrogen (secondary N) is 1. The highest BCUT2D eigenvalue weighted by molar-refractivity contribution is 9.10. The van der Waals surface area contributed by atoms with Gasteiger partial charge in [-0.3, -0.25) is 16.0 Å². The van der Waals surface area contributed by atoms with Crippen molar-refractivity contribution in [2.45, 2.75) is 12.5 Å². The predicted molar refractivity (Wildman–Crippen MR) is 77.7 cm³/mol. The molecular formula is C13H17BrN4O. The summed E-state index contributed by atoms with van der Waals surface area (Å²) in [4.78, 5) is 0. The second kappa shape index (κ2) is 6.18. The highest BCUT2D eigenvalue weighted by atomic mass is 79.9. The first-order valence-electron chi connectivity index (χ1n) is 5.92. The van der Waals surface area contributed by atoms with Crippen molar-refractivity contribution in [3.05, 3.63) is 46.2 Å². The zero-order chi connectivity index (χ0) is 13.8. The lowest BCUT2D eigenvalue weighted by Crippen LogP contribution is -2.31. The van der Waals surface area contributed by atoms with Crippen molar-refractivity contribution in [2.75, 3.05) is 7.11 Å². The molecule has 3 N–H and O–H groups in total. The summed E-state index contributed by atoms with van der Waals surface area (Å²) in [6, 6.07) is 8.09. The third-order valence-electron chi connectivity index (χ3n) is 3.03. The van der Waals surface area contributed by atoms with Crippen LogP contribution in [-0.2, 0) is 13.5 Å². The molecule has 0 bridgehead atoms. The van der Waals surface area contributed by atoms with E-state index in [0.717, 1.165) is 22.3 Å². The smallest absolute Gasteiger partial charge is 0.161 e. The topological polar surface area (TPSA) is 65.1 Å². The Labute approximate surface area is 120 Å². The molecule has 5 nitrogen and oxygen atoms in total. The minimum absolute atomic E-state index is 0.0586. The molecule has 0 aliphatic heterocycles. The summed E-state index contributed by atoms with van der Waals surface area (Å²) in [6.07, 6.45) is 2.45. The van der Waals surface area contributed by atoms with E-state index in [4.69, 9.17) is 10.6 Å². The Hall–Kier alpha value is -1.37. The first-order chi connectivity index (χ1) is 9.15. The molecule has 6 heteroatoms. The van der Waals surface area contributed by atoms with Crippen LogP contribution in [-0.4, -0.2) is 16.9 Å². The molecule has 0 amide bonds. The minimum Gasteiger partial charge on any atom is -0.493 e. The van der Waals surface area contributed by atoms with Gasteiger partial charge in [-0.05, 0) is 24.1 Å². The van der Waals surface area contributed by atoms with Crippen molar-refractivity contribution in [3.63, 3.8) is 0 Å². The van der Waals surface area contributed by atoms with Crippen LogP contribution in [0.2, 0.25) is 0 Å². The van der Waals surface area contributed by atoms with E-state index in [1.165, 1.54) is 5.56 Å². The summed E-state index contributed by atoms with van der Waals surface area (Å²) in [6.45, 7) is 0. The molecule has 1 unspecified atom stereocenters. The molecule has 0 aliphatic carbocycles. The van der Waals surface area contributed by atoms with Gasteiger partial charge in [0, 0.05) is 11.5 Å². The third-order valence-corrected chi connectivity index (χ3v) is 3.52. The fourth-order valence-electron chi connectivity index (χ4n) is 2.12. The van der Waals surface area contributed by atoms with Crippen LogP contribution in [0.3, 0.4) is 0 Å². The third kappa shape index (κ3) is 3.15. The van der Waals surface area contributed by atoms with Gasteiger partial charge in [-0.1, -0.05) is 28.1 Å². The van der Waals surface area contributed by atoms with Crippen molar-refractivity contribution < 1.29 is 4.74 Å². The number of ether oxygens (including phenoxy) is 1. The maximum Gasteiger partial charge on any atom is 0.161 e. The highest BCUT2D eigenvalue weighted by Crippen LogP contribution is 2.27. The molecule has 0 aliphatic rings. The number of nitrogens with two attached hydrogens (primary N) is 1. The Morgan fingerprint density at radius 1 is 1.53 bits per heavy atom. The summed E-state index contributed by atoms with van der Waals surface area (Å²) in [5.74, 6) is 6.42. The lowest BCUT2D eigenvalue weighted by atomic mass is 10.0. The molecular weight excluding hydrogens is 308 g/mol. The van der Waals surface area contributed by atoms with E-state index in [1.54, 1.807) is 18.0 Å². The zero-order valence-electron chi connectivity index (χ0n) is 10.9. The Balaban J connectivity index is 2.27. The molecule has 0 radical (unpaired) electrons. The van der Waals surface area contributed by atoms with Crippen LogP contribution in [0.4, 0.5) is 0 Å². The van der Waals surface area contributed by atoms with Crippen LogP contribution >= 0.6 is 15.9 Å². The average molecular weight is 325 g/mol. The van der Waals surface area contributed by atoms with E-state index in [1.807, 2.05) is 19.2 Å². The maximum atomic E-state index is 5.68. The van der Waals surface area contributed by atoms with Crippen LogP contribution in [0.5, 0.6) is 5.75 Å². The average Bonchev–Trinajstić information content (AvgIpc) is 2.77. The number of nitrogens with zero attached hydrogens (tertiary/aromatic N) is 2. The van der Waals surface area contributed by atoms with Crippen molar-refractivity contribution in [3.8, 4) is 5.75 Å². The number of aryl methyl sites for hydroxylation is 1. The number of hydrazine groups is 1. The van der Waals surface area contributed by atoms with Gasteiger partial charge in [-0.25, -0.2) is 0 Å². The van der Waals surface area contributed by atoms with Crippen molar-refractivity contribution in [1.29, 1.82) is 0 Å². The van der Waals surface area contributed by atoms with Gasteiger partial charge in [-0.2, -0.15) is 5.10 Å². The lowest BCUT2D eigenvalue weighted by Gasteiger charge is -2.18. The number of hydrogen-bond acceptors (Lipinski definition) is 4. The first-order valence-corrected chi connectivity index (χ1v) is 6.71. The number of rotatable bonds is 5. The maximum absolute atomic E-state index is 5.68. The number of methoxy groups -OCH3 is 1. The zero-order valence-corrected chi connectivity index (χ0v) is 12.5. The largest absolute Gasteiger partial charge is 0.493 e. The molecule has 0 fully saturated rings. The van der Waals surface area contributed by atoms with Crippen LogP contribution < -0.4 is 16.0 Å². The molecule has 1 aromatic heterocycles. The normalized spacial score (nSPS) is 12.4. The van der Waals surface area contributed by atoms with Crippen molar-refractivity contribution in [1.82, 2.24) is 15.2 Å². The molecule has 0 spiro atoms. The van der Waals surface area contributed by atoms with Gasteiger partial charge in [-0.15, -0.1) is 0 Å². The van der Waals surface area contributed by atoms with Gasteiger partial charge < -0.3 is 4.74 Å². The molecule has 2 rings (SSSR count). The molecule has 1 heterocycles. The minimum atomic E-state index is -0.0586. The van der Waals surface area contributed by atoms with Gasteiger partial charge in [0.15, 0.2) is 5.75 Å². The van der Waals surface area contributed by atoms with E-state index in [-0.39, 0.29) is 6.04 Å². The molecule has 0 saturated heterocycles. The van der Waals surface area contributed by atoms with Crippen molar-refractivity contribution in [2.24, 2.45) is 12.9 Å². The summed E-state index contributed by atoms with van der Waals surface area (Å²) < 4.78 is 8.15. The lowest BCUT2D eigenvalue weighted by molar-refractivity contribution is 0.394. The summed E-state index contributed by atoms with van der Waals surface area (Å²) >= 11 is 3.47. The second-order valence-electron chi connectivity index (χ2n) is 4.28. The molecule has 102 valence electrons. The van der Waals surface area contributed by atoms with Gasteiger partial charge >= 0.3 is 0 Å². The van der Waals surface area contributed by atoms with Gasteiger partial charge in [0.05, 0.1) is 25.0 Å². The van der Waals surface area contributed by atoms with E-state index in [0.29, 0.717) is 0 Å². The second-order valence-corrected chi connectivity index (χ2v) is 5.19. The van der Waals surface area contributed by atoms with E-state index >= 15 is 0 Å². The van der Waals surface area contributed by atoms with Crippen LogP contribution in [0.25, 0.3) is 0 Å². The van der Waals surface area contributed by atoms with Gasteiger partial charge in [0.25, 0.3) is 0 Å². The van der Waals surface area contributed by atoms with Crippen LogP contribution in [0.15, 0.2) is 34.9 Å². The fourth-order valence-corrected chi connectivity index (χ4v) is 2.56. The molecule has 1 aromatic carbocycles. The van der Waals surface area contributed by atoms with E-state index in [2.05, 4.69) is 38.6 Å². The molecule has 1 atom stereocenters. The number of aromatic nitrogens is 2. The molecule has 2 aromatic rings. The standard InChI is InChI=1S/C13H17BrN4O/c1-18-13(12(19-2)8-16-18)11(17-15)7-9-4-3-5-10(14)6-9/h3-6,8,11,17H,7,15H2,1-2H3. The van der Waals surface area contributed by atoms with E-state index < -0.39 is 0 Å². The Kier molecular flexibility index (Phi) is 4.57. The quantitative estimate of drug-likeness (QED) is 0.651. The molecule has 0 saturated carbocycles. The summed E-state index contributed by atoms with van der Waals surface area (Å²) in [5.41, 5.74) is 4.95. The summed E-state index contributed by atoms with van der Waals surface area (Å²) in [7, 11) is 3.51. The van der Waals surface area contributed by atoms with Crippen LogP contribution in [0, 0.1) is 0 Å². The highest BCUT2D eigenvalue weighted by Gasteiger charge is 2.20. The first kappa shape index (κ1) is 14.0. The van der Waals surface area contributed by atoms with Gasteiger partial charge in [0.2, 0.25) is 0 Å². The number of halogens is 1. The SMILES string of the molecule is COc1cnn(C)c1C(Cc1cccc(Br)c1)NN. The van der Waals surface area contributed by atoms with E-state index in [9.17, 15) is 0 Å². The number of hydrogen-bond donors (Lipinski definition) is 2. The number of benzene rings is 1. The molecule has 19 heavy (non-hydrogen) atoms. The Bertz CT molecular complexity index is 555. The fraction of sp³-hybridized carbons (Fsp3) is 0.308.